The third kappa shape index (κ3) is 4.47. The third-order valence-electron chi connectivity index (χ3n) is 6.41. The van der Waals surface area contributed by atoms with Gasteiger partial charge in [0.1, 0.15) is 12.1 Å². The molecule has 0 aromatic heterocycles. The number of carbonyl (C=O) groups is 4. The van der Waals surface area contributed by atoms with Crippen LogP contribution in [0.2, 0.25) is 0 Å². The van der Waals surface area contributed by atoms with Crippen LogP contribution in [0.4, 0.5) is 10.5 Å². The number of nitrogens with zero attached hydrogens (tertiary/aromatic N) is 1. The largest absolute Gasteiger partial charge is 0.345 e. The second-order valence-electron chi connectivity index (χ2n) is 8.33. The average Bonchev–Trinajstić information content (AvgIpc) is 2.94. The van der Waals surface area contributed by atoms with E-state index in [1.54, 1.807) is 6.07 Å². The van der Waals surface area contributed by atoms with Gasteiger partial charge in [-0.15, -0.1) is 0 Å². The predicted octanol–water partition coefficient (Wildman–Crippen LogP) is 2.25. The molecule has 162 valence electrons. The number of amides is 5. The molecule has 8 nitrogen and oxygen atoms in total. The highest BCUT2D eigenvalue weighted by Crippen LogP contribution is 2.37. The number of urea groups is 1. The molecule has 0 bridgehead atoms. The number of aryl methyl sites for hydroxylation is 1. The van der Waals surface area contributed by atoms with Gasteiger partial charge in [0.05, 0.1) is 6.54 Å². The van der Waals surface area contributed by atoms with Crippen LogP contribution in [0.25, 0.3) is 0 Å². The Morgan fingerprint density at radius 1 is 1.17 bits per heavy atom. The third-order valence-corrected chi connectivity index (χ3v) is 6.41. The van der Waals surface area contributed by atoms with Crippen molar-refractivity contribution in [3.63, 3.8) is 0 Å². The van der Waals surface area contributed by atoms with Crippen molar-refractivity contribution in [3.05, 3.63) is 29.3 Å². The summed E-state index contributed by atoms with van der Waals surface area (Å²) in [4.78, 5) is 50.6. The van der Waals surface area contributed by atoms with Gasteiger partial charge in [0.15, 0.2) is 0 Å². The standard InChI is InChI=1S/C22H30N4O4/c1-4-16-8-10-22(11-9-16)20(29)26(21(30)25-22)13-19(28)23-12-18(27)24-17-7-5-6-14(2)15(17)3/h5-7,16H,4,8-13H2,1-3H3,(H,23,28)(H,24,27)(H,25,30). The maximum Gasteiger partial charge on any atom is 0.325 e. The molecule has 1 spiro atoms. The molecule has 2 fully saturated rings. The van der Waals surface area contributed by atoms with E-state index in [-0.39, 0.29) is 24.9 Å². The van der Waals surface area contributed by atoms with Gasteiger partial charge in [-0.1, -0.05) is 25.5 Å². The number of imide groups is 1. The Morgan fingerprint density at radius 2 is 1.87 bits per heavy atom. The molecule has 0 unspecified atom stereocenters. The summed E-state index contributed by atoms with van der Waals surface area (Å²) in [5.74, 6) is -0.678. The van der Waals surface area contributed by atoms with Crippen molar-refractivity contribution in [2.24, 2.45) is 5.92 Å². The van der Waals surface area contributed by atoms with Crippen LogP contribution in [-0.2, 0) is 14.4 Å². The van der Waals surface area contributed by atoms with Crippen LogP contribution < -0.4 is 16.0 Å². The number of benzene rings is 1. The normalized spacial score (nSPS) is 23.4. The second-order valence-corrected chi connectivity index (χ2v) is 8.33. The van der Waals surface area contributed by atoms with E-state index in [1.165, 1.54) is 0 Å². The molecule has 8 heteroatoms. The van der Waals surface area contributed by atoms with Gasteiger partial charge in [-0.05, 0) is 62.6 Å². The molecule has 30 heavy (non-hydrogen) atoms. The van der Waals surface area contributed by atoms with Gasteiger partial charge in [-0.2, -0.15) is 0 Å². The molecule has 0 atom stereocenters. The Hall–Kier alpha value is -2.90. The summed E-state index contributed by atoms with van der Waals surface area (Å²) < 4.78 is 0. The summed E-state index contributed by atoms with van der Waals surface area (Å²) in [7, 11) is 0. The van der Waals surface area contributed by atoms with Gasteiger partial charge in [-0.25, -0.2) is 4.79 Å². The molecule has 1 aromatic rings. The van der Waals surface area contributed by atoms with Crippen LogP contribution in [0.5, 0.6) is 0 Å². The highest BCUT2D eigenvalue weighted by molar-refractivity contribution is 6.09. The van der Waals surface area contributed by atoms with E-state index in [4.69, 9.17) is 0 Å². The molecule has 5 amide bonds. The van der Waals surface area contributed by atoms with Gasteiger partial charge >= 0.3 is 6.03 Å². The van der Waals surface area contributed by atoms with E-state index in [1.807, 2.05) is 26.0 Å². The zero-order valence-corrected chi connectivity index (χ0v) is 17.8. The van der Waals surface area contributed by atoms with Crippen molar-refractivity contribution < 1.29 is 19.2 Å². The van der Waals surface area contributed by atoms with Crippen LogP contribution in [0.1, 0.15) is 50.2 Å². The first-order valence-electron chi connectivity index (χ1n) is 10.5. The van der Waals surface area contributed by atoms with Crippen molar-refractivity contribution in [1.29, 1.82) is 0 Å². The minimum atomic E-state index is -0.872. The van der Waals surface area contributed by atoms with E-state index in [0.717, 1.165) is 35.3 Å². The highest BCUT2D eigenvalue weighted by Gasteiger charge is 2.52. The van der Waals surface area contributed by atoms with Gasteiger partial charge < -0.3 is 16.0 Å². The van der Waals surface area contributed by atoms with E-state index in [0.29, 0.717) is 24.4 Å². The smallest absolute Gasteiger partial charge is 0.325 e. The van der Waals surface area contributed by atoms with E-state index in [2.05, 4.69) is 22.9 Å². The molecule has 1 saturated heterocycles. The molecule has 1 aliphatic carbocycles. The van der Waals surface area contributed by atoms with Crippen molar-refractivity contribution in [2.45, 2.75) is 58.4 Å². The monoisotopic (exact) mass is 414 g/mol. The first-order valence-corrected chi connectivity index (χ1v) is 10.5. The van der Waals surface area contributed by atoms with Gasteiger partial charge in [0.2, 0.25) is 11.8 Å². The Morgan fingerprint density at radius 3 is 2.53 bits per heavy atom. The molecular formula is C22H30N4O4. The van der Waals surface area contributed by atoms with Gasteiger partial charge in [0.25, 0.3) is 5.91 Å². The summed E-state index contributed by atoms with van der Waals surface area (Å²) in [5, 5.41) is 8.05. The number of nitrogens with one attached hydrogen (secondary N) is 3. The molecule has 1 heterocycles. The van der Waals surface area contributed by atoms with Crippen LogP contribution in [0.15, 0.2) is 18.2 Å². The average molecular weight is 415 g/mol. The number of rotatable bonds is 6. The van der Waals surface area contributed by atoms with E-state index >= 15 is 0 Å². The molecule has 1 saturated carbocycles. The topological polar surface area (TPSA) is 108 Å². The van der Waals surface area contributed by atoms with E-state index < -0.39 is 17.5 Å². The van der Waals surface area contributed by atoms with Gasteiger partial charge in [-0.3, -0.25) is 19.3 Å². The summed E-state index contributed by atoms with van der Waals surface area (Å²) in [5.41, 5.74) is 1.83. The second kappa shape index (κ2) is 8.85. The number of anilines is 1. The van der Waals surface area contributed by atoms with E-state index in [9.17, 15) is 19.2 Å². The fraction of sp³-hybridized carbons (Fsp3) is 0.545. The zero-order chi connectivity index (χ0) is 21.9. The van der Waals surface area contributed by atoms with Crippen LogP contribution in [0.3, 0.4) is 0 Å². The molecule has 0 radical (unpaired) electrons. The minimum absolute atomic E-state index is 0.237. The quantitative estimate of drug-likeness (QED) is 0.621. The Bertz CT molecular complexity index is 859. The summed E-state index contributed by atoms with van der Waals surface area (Å²) in [6.07, 6.45) is 4.05. The molecule has 1 aromatic carbocycles. The number of hydrogen-bond donors (Lipinski definition) is 3. The first kappa shape index (κ1) is 21.8. The summed E-state index contributed by atoms with van der Waals surface area (Å²) in [6, 6.07) is 5.05. The minimum Gasteiger partial charge on any atom is -0.345 e. The Labute approximate surface area is 176 Å². The summed E-state index contributed by atoms with van der Waals surface area (Å²) in [6.45, 7) is 5.36. The Kier molecular flexibility index (Phi) is 6.43. The molecule has 3 rings (SSSR count). The molecule has 1 aliphatic heterocycles. The lowest BCUT2D eigenvalue weighted by atomic mass is 9.75. The van der Waals surface area contributed by atoms with Crippen LogP contribution in [-0.4, -0.2) is 47.3 Å². The van der Waals surface area contributed by atoms with Crippen molar-refractivity contribution in [1.82, 2.24) is 15.5 Å². The fourth-order valence-corrected chi connectivity index (χ4v) is 4.20. The lowest BCUT2D eigenvalue weighted by Crippen LogP contribution is -2.50. The first-order chi connectivity index (χ1) is 14.3. The lowest BCUT2D eigenvalue weighted by molar-refractivity contribution is -0.136. The molecule has 3 N–H and O–H groups in total. The fourth-order valence-electron chi connectivity index (χ4n) is 4.20. The molecule has 2 aliphatic rings. The van der Waals surface area contributed by atoms with Crippen LogP contribution in [0, 0.1) is 19.8 Å². The Balaban J connectivity index is 1.51. The number of hydrogen-bond acceptors (Lipinski definition) is 4. The summed E-state index contributed by atoms with van der Waals surface area (Å²) >= 11 is 0. The predicted molar refractivity (Wildman–Crippen MR) is 113 cm³/mol. The van der Waals surface area contributed by atoms with Gasteiger partial charge in [0, 0.05) is 5.69 Å². The highest BCUT2D eigenvalue weighted by atomic mass is 16.2. The maximum atomic E-state index is 12.9. The SMILES string of the molecule is CCC1CCC2(CC1)NC(=O)N(CC(=O)NCC(=O)Nc1cccc(C)c1C)C2=O. The zero-order valence-electron chi connectivity index (χ0n) is 17.8. The molecular weight excluding hydrogens is 384 g/mol. The maximum absolute atomic E-state index is 12.9. The van der Waals surface area contributed by atoms with Crippen molar-refractivity contribution in [3.8, 4) is 0 Å². The van der Waals surface area contributed by atoms with Crippen molar-refractivity contribution in [2.75, 3.05) is 18.4 Å². The van der Waals surface area contributed by atoms with Crippen molar-refractivity contribution >= 4 is 29.4 Å². The lowest BCUT2D eigenvalue weighted by Gasteiger charge is -2.34. The van der Waals surface area contributed by atoms with Crippen LogP contribution >= 0.6 is 0 Å². The number of carbonyl (C=O) groups excluding carboxylic acids is 4.